The van der Waals surface area contributed by atoms with E-state index in [2.05, 4.69) is 15.5 Å². The zero-order chi connectivity index (χ0) is 15.4. The molecule has 1 aromatic heterocycles. The lowest BCUT2D eigenvalue weighted by Crippen LogP contribution is -2.23. The normalized spacial score (nSPS) is 12.6. The summed E-state index contributed by atoms with van der Waals surface area (Å²) in [6.45, 7) is 4.02. The van der Waals surface area contributed by atoms with E-state index in [1.807, 2.05) is 13.8 Å². The van der Waals surface area contributed by atoms with Crippen molar-refractivity contribution in [3.63, 3.8) is 0 Å². The molecule has 0 saturated carbocycles. The highest BCUT2D eigenvalue weighted by atomic mass is 19.1. The first-order chi connectivity index (χ1) is 9.99. The molecule has 0 aliphatic carbocycles. The predicted molar refractivity (Wildman–Crippen MR) is 73.8 cm³/mol. The maximum absolute atomic E-state index is 13.8. The molecule has 2 aromatic rings. The predicted octanol–water partition coefficient (Wildman–Crippen LogP) is 2.23. The van der Waals surface area contributed by atoms with Gasteiger partial charge in [0.25, 0.3) is 0 Å². The van der Waals surface area contributed by atoms with Gasteiger partial charge >= 0.3 is 5.97 Å². The van der Waals surface area contributed by atoms with E-state index in [-0.39, 0.29) is 23.9 Å². The molecule has 1 N–H and O–H groups in total. The molecule has 0 aliphatic rings. The molecule has 2 rings (SSSR count). The van der Waals surface area contributed by atoms with Crippen molar-refractivity contribution in [2.24, 2.45) is 11.8 Å². The number of benzene rings is 1. The van der Waals surface area contributed by atoms with Crippen molar-refractivity contribution in [3.05, 3.63) is 30.1 Å². The Bertz CT molecular complexity index is 627. The first-order valence-corrected chi connectivity index (χ1v) is 6.73. The maximum Gasteiger partial charge on any atom is 0.308 e. The zero-order valence-corrected chi connectivity index (χ0v) is 11.9. The lowest BCUT2D eigenvalue weighted by molar-refractivity contribution is -0.142. The summed E-state index contributed by atoms with van der Waals surface area (Å²) in [5.74, 6) is -1.48. The van der Waals surface area contributed by atoms with E-state index in [0.29, 0.717) is 6.42 Å². The van der Waals surface area contributed by atoms with E-state index in [1.165, 1.54) is 10.7 Å². The largest absolute Gasteiger partial charge is 0.481 e. The highest BCUT2D eigenvalue weighted by Gasteiger charge is 2.23. The summed E-state index contributed by atoms with van der Waals surface area (Å²) in [4.78, 5) is 11.3. The van der Waals surface area contributed by atoms with Gasteiger partial charge in [-0.15, -0.1) is 5.10 Å². The van der Waals surface area contributed by atoms with Crippen molar-refractivity contribution in [3.8, 4) is 11.4 Å². The Balaban J connectivity index is 2.28. The van der Waals surface area contributed by atoms with Crippen molar-refractivity contribution in [2.75, 3.05) is 0 Å². The van der Waals surface area contributed by atoms with Gasteiger partial charge in [-0.2, -0.15) is 0 Å². The Morgan fingerprint density at radius 1 is 1.38 bits per heavy atom. The standard InChI is InChI=1S/C14H17FN4O2/c1-9(2)7-10(14(20)21)8-19-13(16-17-18-19)11-5-3-4-6-12(11)15/h3-6,9-10H,7-8H2,1-2H3,(H,20,21). The van der Waals surface area contributed by atoms with Gasteiger partial charge in [-0.1, -0.05) is 26.0 Å². The van der Waals surface area contributed by atoms with Gasteiger partial charge in [0.15, 0.2) is 5.82 Å². The number of halogens is 1. The van der Waals surface area contributed by atoms with E-state index < -0.39 is 17.7 Å². The fraction of sp³-hybridized carbons (Fsp3) is 0.429. The molecule has 7 heteroatoms. The first kappa shape index (κ1) is 15.1. The molecule has 0 fully saturated rings. The van der Waals surface area contributed by atoms with E-state index >= 15 is 0 Å². The van der Waals surface area contributed by atoms with Gasteiger partial charge in [0.1, 0.15) is 5.82 Å². The van der Waals surface area contributed by atoms with Crippen molar-refractivity contribution in [1.29, 1.82) is 0 Å². The van der Waals surface area contributed by atoms with Gasteiger partial charge in [0, 0.05) is 0 Å². The summed E-state index contributed by atoms with van der Waals surface area (Å²) in [5.41, 5.74) is 0.260. The number of hydrogen-bond donors (Lipinski definition) is 1. The van der Waals surface area contributed by atoms with Crippen molar-refractivity contribution in [2.45, 2.75) is 26.8 Å². The van der Waals surface area contributed by atoms with Crippen LogP contribution in [0.2, 0.25) is 0 Å². The number of hydrogen-bond acceptors (Lipinski definition) is 4. The van der Waals surface area contributed by atoms with Gasteiger partial charge in [-0.3, -0.25) is 4.79 Å². The van der Waals surface area contributed by atoms with E-state index in [1.54, 1.807) is 18.2 Å². The van der Waals surface area contributed by atoms with Crippen LogP contribution < -0.4 is 0 Å². The van der Waals surface area contributed by atoms with Crippen LogP contribution in [-0.2, 0) is 11.3 Å². The smallest absolute Gasteiger partial charge is 0.308 e. The molecule has 1 atom stereocenters. The molecule has 0 amide bonds. The molecule has 1 unspecified atom stereocenters. The summed E-state index contributed by atoms with van der Waals surface area (Å²) in [6, 6.07) is 6.14. The zero-order valence-electron chi connectivity index (χ0n) is 11.9. The van der Waals surface area contributed by atoms with E-state index in [9.17, 15) is 14.3 Å². The van der Waals surface area contributed by atoms with Gasteiger partial charge in [-0.05, 0) is 34.9 Å². The Hall–Kier alpha value is -2.31. The van der Waals surface area contributed by atoms with E-state index in [4.69, 9.17) is 0 Å². The number of aromatic nitrogens is 4. The molecule has 0 radical (unpaired) electrons. The van der Waals surface area contributed by atoms with Crippen LogP contribution in [0.25, 0.3) is 11.4 Å². The molecule has 21 heavy (non-hydrogen) atoms. The summed E-state index contributed by atoms with van der Waals surface area (Å²) >= 11 is 0. The number of nitrogens with zero attached hydrogens (tertiary/aromatic N) is 4. The van der Waals surface area contributed by atoms with Crippen molar-refractivity contribution < 1.29 is 14.3 Å². The molecular weight excluding hydrogens is 275 g/mol. The van der Waals surface area contributed by atoms with Crippen LogP contribution in [0, 0.1) is 17.7 Å². The van der Waals surface area contributed by atoms with Crippen LogP contribution in [0.4, 0.5) is 4.39 Å². The molecular formula is C14H17FN4O2. The lowest BCUT2D eigenvalue weighted by Gasteiger charge is -2.15. The summed E-state index contributed by atoms with van der Waals surface area (Å²) in [6.07, 6.45) is 0.506. The topological polar surface area (TPSA) is 80.9 Å². The lowest BCUT2D eigenvalue weighted by atomic mass is 9.97. The molecule has 0 saturated heterocycles. The maximum atomic E-state index is 13.8. The highest BCUT2D eigenvalue weighted by molar-refractivity contribution is 5.70. The molecule has 1 heterocycles. The molecule has 6 nitrogen and oxygen atoms in total. The fourth-order valence-corrected chi connectivity index (χ4v) is 2.19. The van der Waals surface area contributed by atoms with Crippen LogP contribution in [0.15, 0.2) is 24.3 Å². The third-order valence-corrected chi connectivity index (χ3v) is 3.15. The van der Waals surface area contributed by atoms with Gasteiger partial charge in [0.2, 0.25) is 0 Å². The number of carboxylic acid groups (broad SMARTS) is 1. The number of carboxylic acids is 1. The minimum Gasteiger partial charge on any atom is -0.481 e. The minimum atomic E-state index is -0.904. The molecule has 1 aromatic carbocycles. The third-order valence-electron chi connectivity index (χ3n) is 3.15. The monoisotopic (exact) mass is 292 g/mol. The van der Waals surface area contributed by atoms with Gasteiger partial charge in [-0.25, -0.2) is 9.07 Å². The average molecular weight is 292 g/mol. The third kappa shape index (κ3) is 3.62. The fourth-order valence-electron chi connectivity index (χ4n) is 2.19. The molecule has 112 valence electrons. The van der Waals surface area contributed by atoms with Crippen molar-refractivity contribution in [1.82, 2.24) is 20.2 Å². The van der Waals surface area contributed by atoms with E-state index in [0.717, 1.165) is 0 Å². The number of rotatable bonds is 6. The molecule has 0 bridgehead atoms. The summed E-state index contributed by atoms with van der Waals surface area (Å²) in [5, 5.41) is 20.4. The second-order valence-electron chi connectivity index (χ2n) is 5.33. The number of aliphatic carboxylic acids is 1. The van der Waals surface area contributed by atoms with Crippen LogP contribution in [0.3, 0.4) is 0 Å². The van der Waals surface area contributed by atoms with Crippen molar-refractivity contribution >= 4 is 5.97 Å². The minimum absolute atomic E-state index is 0.115. The van der Waals surface area contributed by atoms with Crippen LogP contribution in [-0.4, -0.2) is 31.3 Å². The second-order valence-corrected chi connectivity index (χ2v) is 5.33. The first-order valence-electron chi connectivity index (χ1n) is 6.73. The Kier molecular flexibility index (Phi) is 4.62. The second kappa shape index (κ2) is 6.43. The number of carbonyl (C=O) groups is 1. The SMILES string of the molecule is CC(C)CC(Cn1nnnc1-c1ccccc1F)C(=O)O. The quantitative estimate of drug-likeness (QED) is 0.883. The van der Waals surface area contributed by atoms with Crippen LogP contribution >= 0.6 is 0 Å². The summed E-state index contributed by atoms with van der Waals surface area (Å²) in [7, 11) is 0. The summed E-state index contributed by atoms with van der Waals surface area (Å²) < 4.78 is 15.2. The molecule has 0 aliphatic heterocycles. The van der Waals surface area contributed by atoms with Gasteiger partial charge < -0.3 is 5.11 Å². The molecule has 0 spiro atoms. The average Bonchev–Trinajstić information content (AvgIpc) is 2.86. The Morgan fingerprint density at radius 3 is 2.71 bits per heavy atom. The Labute approximate surface area is 121 Å². The van der Waals surface area contributed by atoms with Crippen LogP contribution in [0.5, 0.6) is 0 Å². The number of tetrazole rings is 1. The highest BCUT2D eigenvalue weighted by Crippen LogP contribution is 2.21. The van der Waals surface area contributed by atoms with Gasteiger partial charge in [0.05, 0.1) is 18.0 Å². The Morgan fingerprint density at radius 2 is 2.10 bits per heavy atom. The van der Waals surface area contributed by atoms with Crippen LogP contribution in [0.1, 0.15) is 20.3 Å².